The lowest BCUT2D eigenvalue weighted by Crippen LogP contribution is -2.21. The maximum absolute atomic E-state index is 5.88. The van der Waals surface area contributed by atoms with E-state index in [0.717, 1.165) is 26.0 Å². The van der Waals surface area contributed by atoms with Crippen molar-refractivity contribution in [2.75, 3.05) is 13.2 Å². The van der Waals surface area contributed by atoms with Crippen molar-refractivity contribution in [1.29, 1.82) is 0 Å². The Labute approximate surface area is 117 Å². The summed E-state index contributed by atoms with van der Waals surface area (Å²) in [7, 11) is 0. The van der Waals surface area contributed by atoms with Gasteiger partial charge in [0.1, 0.15) is 0 Å². The van der Waals surface area contributed by atoms with Crippen molar-refractivity contribution < 1.29 is 4.74 Å². The Morgan fingerprint density at radius 2 is 2.00 bits per heavy atom. The van der Waals surface area contributed by atoms with Gasteiger partial charge in [-0.1, -0.05) is 13.8 Å². The number of hydrogen-bond acceptors (Lipinski definition) is 3. The largest absolute Gasteiger partial charge is 0.379 e. The summed E-state index contributed by atoms with van der Waals surface area (Å²) >= 11 is 0. The fourth-order valence-corrected chi connectivity index (χ4v) is 2.26. The van der Waals surface area contributed by atoms with Crippen molar-refractivity contribution in [3.05, 3.63) is 18.2 Å². The maximum Gasteiger partial charge on any atom is 0.0948 e. The third-order valence-corrected chi connectivity index (χ3v) is 3.43. The van der Waals surface area contributed by atoms with Gasteiger partial charge in [0.05, 0.1) is 12.4 Å². The third kappa shape index (κ3) is 5.33. The van der Waals surface area contributed by atoms with Crippen LogP contribution in [0, 0.1) is 5.92 Å². The average Bonchev–Trinajstić information content (AvgIpc) is 2.77. The van der Waals surface area contributed by atoms with Crippen LogP contribution in [0.4, 0.5) is 0 Å². The second kappa shape index (κ2) is 8.33. The van der Waals surface area contributed by atoms with E-state index in [2.05, 4.69) is 37.2 Å². The Bertz CT molecular complexity index is 347. The molecule has 4 nitrogen and oxygen atoms in total. The van der Waals surface area contributed by atoms with Gasteiger partial charge in [-0.05, 0) is 32.6 Å². The summed E-state index contributed by atoms with van der Waals surface area (Å²) in [6.45, 7) is 11.1. The van der Waals surface area contributed by atoms with Crippen molar-refractivity contribution in [2.24, 2.45) is 11.7 Å². The van der Waals surface area contributed by atoms with Crippen molar-refractivity contribution in [2.45, 2.75) is 59.1 Å². The number of unbranched alkanes of at least 4 members (excludes halogenated alkanes) is 1. The molecule has 1 aromatic heterocycles. The molecule has 1 atom stereocenters. The molecule has 19 heavy (non-hydrogen) atoms. The van der Waals surface area contributed by atoms with Crippen LogP contribution in [0.15, 0.2) is 12.5 Å². The van der Waals surface area contributed by atoms with Crippen LogP contribution in [0.2, 0.25) is 0 Å². The number of imidazole rings is 1. The molecule has 1 unspecified atom stereocenters. The molecule has 0 saturated heterocycles. The van der Waals surface area contributed by atoms with E-state index in [1.165, 1.54) is 5.69 Å². The van der Waals surface area contributed by atoms with E-state index < -0.39 is 0 Å². The second-order valence-corrected chi connectivity index (χ2v) is 5.72. The van der Waals surface area contributed by atoms with Crippen molar-refractivity contribution in [3.63, 3.8) is 0 Å². The molecule has 2 N–H and O–H groups in total. The molecule has 0 amide bonds. The normalized spacial score (nSPS) is 13.4. The SMILES string of the molecule is CC(C)OCCCCn1cncc1C(CN)C(C)C. The molecule has 0 aromatic carbocycles. The van der Waals surface area contributed by atoms with E-state index in [0.29, 0.717) is 24.5 Å². The van der Waals surface area contributed by atoms with Crippen molar-refractivity contribution >= 4 is 0 Å². The Kier molecular flexibility index (Phi) is 7.10. The van der Waals surface area contributed by atoms with E-state index in [9.17, 15) is 0 Å². The molecule has 0 aliphatic rings. The van der Waals surface area contributed by atoms with Crippen LogP contribution < -0.4 is 5.73 Å². The highest BCUT2D eigenvalue weighted by Gasteiger charge is 2.17. The molecule has 0 aliphatic heterocycles. The van der Waals surface area contributed by atoms with E-state index >= 15 is 0 Å². The minimum absolute atomic E-state index is 0.325. The summed E-state index contributed by atoms with van der Waals surface area (Å²) in [5.41, 5.74) is 7.15. The lowest BCUT2D eigenvalue weighted by Gasteiger charge is -2.20. The molecule has 4 heteroatoms. The van der Waals surface area contributed by atoms with Crippen LogP contribution in [0.3, 0.4) is 0 Å². The molecule has 110 valence electrons. The first kappa shape index (κ1) is 16.2. The number of ether oxygens (including phenoxy) is 1. The molecule has 0 fully saturated rings. The summed E-state index contributed by atoms with van der Waals surface area (Å²) in [6, 6.07) is 0. The van der Waals surface area contributed by atoms with Crippen LogP contribution in [0.1, 0.15) is 52.1 Å². The second-order valence-electron chi connectivity index (χ2n) is 5.72. The monoisotopic (exact) mass is 267 g/mol. The number of nitrogens with two attached hydrogens (primary N) is 1. The Morgan fingerprint density at radius 1 is 1.26 bits per heavy atom. The smallest absolute Gasteiger partial charge is 0.0948 e. The van der Waals surface area contributed by atoms with Crippen LogP contribution >= 0.6 is 0 Å². The zero-order chi connectivity index (χ0) is 14.3. The minimum Gasteiger partial charge on any atom is -0.379 e. The van der Waals surface area contributed by atoms with Gasteiger partial charge in [0.2, 0.25) is 0 Å². The van der Waals surface area contributed by atoms with Gasteiger partial charge in [-0.3, -0.25) is 0 Å². The molecule has 1 heterocycles. The fourth-order valence-electron chi connectivity index (χ4n) is 2.26. The van der Waals surface area contributed by atoms with Gasteiger partial charge in [0, 0.05) is 37.5 Å². The van der Waals surface area contributed by atoms with E-state index in [-0.39, 0.29) is 0 Å². The fraction of sp³-hybridized carbons (Fsp3) is 0.800. The maximum atomic E-state index is 5.88. The zero-order valence-electron chi connectivity index (χ0n) is 12.8. The average molecular weight is 267 g/mol. The lowest BCUT2D eigenvalue weighted by atomic mass is 9.93. The van der Waals surface area contributed by atoms with E-state index in [1.807, 2.05) is 12.5 Å². The van der Waals surface area contributed by atoms with Crippen LogP contribution in [-0.2, 0) is 11.3 Å². The lowest BCUT2D eigenvalue weighted by molar-refractivity contribution is 0.0754. The Morgan fingerprint density at radius 3 is 2.58 bits per heavy atom. The molecule has 0 saturated carbocycles. The highest BCUT2D eigenvalue weighted by atomic mass is 16.5. The number of aromatic nitrogens is 2. The topological polar surface area (TPSA) is 53.1 Å². The van der Waals surface area contributed by atoms with Gasteiger partial charge in [0.15, 0.2) is 0 Å². The van der Waals surface area contributed by atoms with Gasteiger partial charge in [0.25, 0.3) is 0 Å². The van der Waals surface area contributed by atoms with Gasteiger partial charge < -0.3 is 15.0 Å². The summed E-state index contributed by atoms with van der Waals surface area (Å²) in [5.74, 6) is 0.944. The summed E-state index contributed by atoms with van der Waals surface area (Å²) in [6.07, 6.45) is 6.41. The summed E-state index contributed by atoms with van der Waals surface area (Å²) in [4.78, 5) is 4.28. The van der Waals surface area contributed by atoms with E-state index in [4.69, 9.17) is 10.5 Å². The Balaban J connectivity index is 2.44. The van der Waals surface area contributed by atoms with Gasteiger partial charge >= 0.3 is 0 Å². The number of hydrogen-bond donors (Lipinski definition) is 1. The summed E-state index contributed by atoms with van der Waals surface area (Å²) in [5, 5.41) is 0. The highest BCUT2D eigenvalue weighted by Crippen LogP contribution is 2.23. The highest BCUT2D eigenvalue weighted by molar-refractivity contribution is 5.08. The first-order valence-corrected chi connectivity index (χ1v) is 7.38. The third-order valence-electron chi connectivity index (χ3n) is 3.43. The van der Waals surface area contributed by atoms with Gasteiger partial charge in [-0.15, -0.1) is 0 Å². The first-order valence-electron chi connectivity index (χ1n) is 7.38. The Hall–Kier alpha value is -0.870. The van der Waals surface area contributed by atoms with Crippen LogP contribution in [0.25, 0.3) is 0 Å². The number of rotatable bonds is 9. The van der Waals surface area contributed by atoms with Crippen molar-refractivity contribution in [3.8, 4) is 0 Å². The molecule has 1 rings (SSSR count). The quantitative estimate of drug-likeness (QED) is 0.700. The standard InChI is InChI=1S/C15H29N3O/c1-12(2)14(9-16)15-10-17-11-18(15)7-5-6-8-19-13(3)4/h10-14H,5-9,16H2,1-4H3. The predicted octanol–water partition coefficient (Wildman–Crippen LogP) is 2.79. The molecular weight excluding hydrogens is 238 g/mol. The molecule has 0 aliphatic carbocycles. The number of nitrogens with zero attached hydrogens (tertiary/aromatic N) is 2. The summed E-state index contributed by atoms with van der Waals surface area (Å²) < 4.78 is 7.80. The first-order chi connectivity index (χ1) is 9.06. The minimum atomic E-state index is 0.325. The van der Waals surface area contributed by atoms with Crippen molar-refractivity contribution in [1.82, 2.24) is 9.55 Å². The van der Waals surface area contributed by atoms with Gasteiger partial charge in [-0.2, -0.15) is 0 Å². The molecule has 0 radical (unpaired) electrons. The molecule has 1 aromatic rings. The molecule has 0 bridgehead atoms. The zero-order valence-corrected chi connectivity index (χ0v) is 12.8. The van der Waals surface area contributed by atoms with Crippen LogP contribution in [-0.4, -0.2) is 28.8 Å². The van der Waals surface area contributed by atoms with Gasteiger partial charge in [-0.25, -0.2) is 4.98 Å². The van der Waals surface area contributed by atoms with E-state index in [1.54, 1.807) is 0 Å². The molecular formula is C15H29N3O. The predicted molar refractivity (Wildman–Crippen MR) is 79.2 cm³/mol. The van der Waals surface area contributed by atoms with Crippen LogP contribution in [0.5, 0.6) is 0 Å². The number of aryl methyl sites for hydroxylation is 1. The molecule has 0 spiro atoms.